The second-order valence-electron chi connectivity index (χ2n) is 0.768. The third-order valence-electron chi connectivity index (χ3n) is 0.321. The zero-order chi connectivity index (χ0) is 6.41. The van der Waals surface area contributed by atoms with E-state index in [1.165, 1.54) is 0 Å². The van der Waals surface area contributed by atoms with Crippen molar-refractivity contribution in [2.24, 2.45) is 0 Å². The van der Waals surface area contributed by atoms with Crippen molar-refractivity contribution in [2.75, 3.05) is 0 Å². The minimum Gasteiger partial charge on any atom is -0.231 e. The van der Waals surface area contributed by atoms with Crippen LogP contribution in [-0.4, -0.2) is 0 Å². The summed E-state index contributed by atoms with van der Waals surface area (Å²) in [5.74, 6) is 0. The predicted molar refractivity (Wildman–Crippen MR) is 30.2 cm³/mol. The van der Waals surface area contributed by atoms with Gasteiger partial charge < -0.3 is 0 Å². The molecule has 4 heteroatoms. The zero-order valence-corrected chi connectivity index (χ0v) is 5.14. The van der Waals surface area contributed by atoms with E-state index in [-0.39, 0.29) is 0 Å². The van der Waals surface area contributed by atoms with Crippen LogP contribution in [0, 0.1) is 0 Å². The van der Waals surface area contributed by atoms with Crippen LogP contribution in [0.4, 0.5) is 0 Å². The van der Waals surface area contributed by atoms with Gasteiger partial charge in [0.2, 0.25) is 0 Å². The molecule has 0 rings (SSSR count). The van der Waals surface area contributed by atoms with E-state index in [2.05, 4.69) is 22.2 Å². The molecule has 0 atom stereocenters. The van der Waals surface area contributed by atoms with Gasteiger partial charge in [0.15, 0.2) is 0 Å². The van der Waals surface area contributed by atoms with E-state index in [9.17, 15) is 4.57 Å². The lowest BCUT2D eigenvalue weighted by molar-refractivity contribution is 0.357. The lowest BCUT2D eigenvalue weighted by atomic mass is 11.2. The summed E-state index contributed by atoms with van der Waals surface area (Å²) in [5, 5.41) is 0. The van der Waals surface area contributed by atoms with Crippen LogP contribution < -0.4 is 0 Å². The minimum absolute atomic E-state index is 1.04. The SMILES string of the molecule is C=CO[P+](=O)OC=C. The van der Waals surface area contributed by atoms with E-state index >= 15 is 0 Å². The van der Waals surface area contributed by atoms with Gasteiger partial charge in [-0.1, -0.05) is 13.2 Å². The highest BCUT2D eigenvalue weighted by molar-refractivity contribution is 7.33. The van der Waals surface area contributed by atoms with Crippen LogP contribution >= 0.6 is 8.25 Å². The normalized spacial score (nSPS) is 7.00. The summed E-state index contributed by atoms with van der Waals surface area (Å²) in [6, 6.07) is 0. The first kappa shape index (κ1) is 7.18. The van der Waals surface area contributed by atoms with Crippen LogP contribution in [0.1, 0.15) is 0 Å². The van der Waals surface area contributed by atoms with Crippen LogP contribution in [0.2, 0.25) is 0 Å². The Hall–Kier alpha value is -0.820. The molecule has 0 aromatic carbocycles. The van der Waals surface area contributed by atoms with Gasteiger partial charge in [-0.15, -0.1) is 0 Å². The highest BCUT2D eigenvalue weighted by atomic mass is 31.1. The molecular weight excluding hydrogens is 127 g/mol. The van der Waals surface area contributed by atoms with Crippen molar-refractivity contribution >= 4 is 8.25 Å². The second kappa shape index (κ2) is 4.34. The second-order valence-corrected chi connectivity index (χ2v) is 1.64. The smallest absolute Gasteiger partial charge is 0.231 e. The Morgan fingerprint density at radius 1 is 1.25 bits per heavy atom. The standard InChI is InChI=1S/C4H6O3P/c1-3-6-8(5)7-4-2/h3-4H,1-2H2/q+1. The van der Waals surface area contributed by atoms with E-state index in [1.54, 1.807) is 0 Å². The molecule has 0 aliphatic heterocycles. The van der Waals surface area contributed by atoms with Crippen LogP contribution in [-0.2, 0) is 13.6 Å². The topological polar surface area (TPSA) is 35.5 Å². The summed E-state index contributed by atoms with van der Waals surface area (Å²) in [4.78, 5) is 0. The van der Waals surface area contributed by atoms with Crippen molar-refractivity contribution in [1.29, 1.82) is 0 Å². The molecule has 0 aromatic rings. The van der Waals surface area contributed by atoms with Crippen LogP contribution in [0.25, 0.3) is 0 Å². The van der Waals surface area contributed by atoms with E-state index in [0.717, 1.165) is 12.5 Å². The van der Waals surface area contributed by atoms with E-state index in [1.807, 2.05) is 0 Å². The highest BCUT2D eigenvalue weighted by Gasteiger charge is 2.15. The van der Waals surface area contributed by atoms with Crippen LogP contribution in [0.3, 0.4) is 0 Å². The number of hydrogen-bond donors (Lipinski definition) is 0. The van der Waals surface area contributed by atoms with E-state index in [4.69, 9.17) is 0 Å². The van der Waals surface area contributed by atoms with Gasteiger partial charge in [0.25, 0.3) is 0 Å². The van der Waals surface area contributed by atoms with E-state index < -0.39 is 8.25 Å². The van der Waals surface area contributed by atoms with Crippen molar-refractivity contribution in [3.05, 3.63) is 25.7 Å². The molecule has 0 saturated carbocycles. The fourth-order valence-electron chi connectivity index (χ4n) is 0.147. The molecule has 0 bridgehead atoms. The average Bonchev–Trinajstić information content (AvgIpc) is 1.68. The Morgan fingerprint density at radius 3 is 1.88 bits per heavy atom. The summed E-state index contributed by atoms with van der Waals surface area (Å²) >= 11 is 0. The predicted octanol–water partition coefficient (Wildman–Crippen LogP) is 1.96. The van der Waals surface area contributed by atoms with Gasteiger partial charge in [-0.25, -0.2) is 9.05 Å². The molecule has 0 spiro atoms. The molecule has 0 aliphatic carbocycles. The molecule has 0 aliphatic rings. The molecule has 0 fully saturated rings. The molecule has 0 saturated heterocycles. The van der Waals surface area contributed by atoms with Crippen LogP contribution in [0.5, 0.6) is 0 Å². The van der Waals surface area contributed by atoms with Crippen molar-refractivity contribution in [1.82, 2.24) is 0 Å². The Labute approximate surface area is 48.6 Å². The maximum atomic E-state index is 10.2. The molecule has 0 aromatic heterocycles. The third kappa shape index (κ3) is 3.37. The first-order chi connectivity index (χ1) is 3.81. The van der Waals surface area contributed by atoms with Gasteiger partial charge in [0.05, 0.1) is 0 Å². The first-order valence-electron chi connectivity index (χ1n) is 1.84. The summed E-state index contributed by atoms with van der Waals surface area (Å²) in [6.45, 7) is 6.33. The fourth-order valence-corrected chi connectivity index (χ4v) is 0.440. The molecule has 3 nitrogen and oxygen atoms in total. The Balaban J connectivity index is 3.32. The Morgan fingerprint density at radius 2 is 1.62 bits per heavy atom. The van der Waals surface area contributed by atoms with Gasteiger partial charge in [0.1, 0.15) is 12.5 Å². The molecule has 0 amide bonds. The summed E-state index contributed by atoms with van der Waals surface area (Å²) in [6.07, 6.45) is 2.09. The molecular formula is C4H6O3P+. The third-order valence-corrected chi connectivity index (χ3v) is 0.964. The van der Waals surface area contributed by atoms with E-state index in [0.29, 0.717) is 0 Å². The molecule has 0 radical (unpaired) electrons. The minimum atomic E-state index is -2.07. The maximum absolute atomic E-state index is 10.2. The molecule has 44 valence electrons. The van der Waals surface area contributed by atoms with Crippen molar-refractivity contribution < 1.29 is 13.6 Å². The number of rotatable bonds is 4. The molecule has 0 N–H and O–H groups in total. The number of hydrogen-bond acceptors (Lipinski definition) is 3. The lowest BCUT2D eigenvalue weighted by Gasteiger charge is -1.74. The quantitative estimate of drug-likeness (QED) is 0.434. The Bertz CT molecular complexity index is 97.9. The van der Waals surface area contributed by atoms with Gasteiger partial charge in [-0.05, 0) is 0 Å². The Kier molecular flexibility index (Phi) is 3.90. The summed E-state index contributed by atoms with van der Waals surface area (Å²) in [5.41, 5.74) is 0. The zero-order valence-electron chi connectivity index (χ0n) is 4.24. The van der Waals surface area contributed by atoms with Gasteiger partial charge in [0, 0.05) is 4.57 Å². The molecule has 0 heterocycles. The largest absolute Gasteiger partial charge is 0.804 e. The van der Waals surface area contributed by atoms with Gasteiger partial charge >= 0.3 is 8.25 Å². The summed E-state index contributed by atoms with van der Waals surface area (Å²) < 4.78 is 18.7. The van der Waals surface area contributed by atoms with Gasteiger partial charge in [-0.3, -0.25) is 0 Å². The fraction of sp³-hybridized carbons (Fsp3) is 0. The molecule has 0 unspecified atom stereocenters. The van der Waals surface area contributed by atoms with Crippen molar-refractivity contribution in [2.45, 2.75) is 0 Å². The monoisotopic (exact) mass is 133 g/mol. The highest BCUT2D eigenvalue weighted by Crippen LogP contribution is 2.22. The van der Waals surface area contributed by atoms with Gasteiger partial charge in [-0.2, -0.15) is 0 Å². The van der Waals surface area contributed by atoms with Crippen LogP contribution in [0.15, 0.2) is 25.7 Å². The average molecular weight is 133 g/mol. The summed E-state index contributed by atoms with van der Waals surface area (Å²) in [7, 11) is -2.07. The lowest BCUT2D eigenvalue weighted by Crippen LogP contribution is -1.64. The van der Waals surface area contributed by atoms with Crippen molar-refractivity contribution in [3.63, 3.8) is 0 Å². The first-order valence-corrected chi connectivity index (χ1v) is 2.93. The molecule has 8 heavy (non-hydrogen) atoms. The maximum Gasteiger partial charge on any atom is 0.804 e. The van der Waals surface area contributed by atoms with Crippen molar-refractivity contribution in [3.8, 4) is 0 Å².